The largest absolute Gasteiger partial charge is 0.418 e. The molecule has 1 N–H and O–H groups in total. The Morgan fingerprint density at radius 2 is 1.78 bits per heavy atom. The van der Waals surface area contributed by atoms with E-state index >= 15 is 0 Å². The molecule has 2 atom stereocenters. The van der Waals surface area contributed by atoms with Crippen molar-refractivity contribution in [2.75, 3.05) is 0 Å². The number of benzene rings is 1. The molecule has 5 rings (SSSR count). The normalized spacial score (nSPS) is 17.9. The number of hydrogen-bond acceptors (Lipinski definition) is 3. The molecule has 0 bridgehead atoms. The molecule has 4 heterocycles. The molecule has 0 radical (unpaired) electrons. The van der Waals surface area contributed by atoms with Gasteiger partial charge >= 0.3 is 6.18 Å². The molecule has 36 heavy (non-hydrogen) atoms. The zero-order valence-corrected chi connectivity index (χ0v) is 20.5. The van der Waals surface area contributed by atoms with E-state index in [-0.39, 0.29) is 17.8 Å². The van der Waals surface area contributed by atoms with E-state index in [2.05, 4.69) is 20.2 Å². The summed E-state index contributed by atoms with van der Waals surface area (Å²) in [6.07, 6.45) is 0.754. The van der Waals surface area contributed by atoms with Crippen molar-refractivity contribution in [3.05, 3.63) is 113 Å². The summed E-state index contributed by atoms with van der Waals surface area (Å²) in [6, 6.07) is 16.6. The first-order valence-corrected chi connectivity index (χ1v) is 11.9. The maximum absolute atomic E-state index is 13.9. The third kappa shape index (κ3) is 4.35. The van der Waals surface area contributed by atoms with E-state index in [1.165, 1.54) is 12.1 Å². The summed E-state index contributed by atoms with van der Waals surface area (Å²) >= 11 is 5.75. The van der Waals surface area contributed by atoms with E-state index in [1.54, 1.807) is 29.2 Å². The van der Waals surface area contributed by atoms with Gasteiger partial charge in [0.1, 0.15) is 0 Å². The molecule has 0 unspecified atom stereocenters. The Labute approximate surface area is 212 Å². The second-order valence-electron chi connectivity index (χ2n) is 8.79. The number of rotatable bonds is 5. The summed E-state index contributed by atoms with van der Waals surface area (Å²) in [5, 5.41) is 3.96. The van der Waals surface area contributed by atoms with Crippen LogP contribution in [0.3, 0.4) is 0 Å². The van der Waals surface area contributed by atoms with Crippen LogP contribution < -0.4 is 5.32 Å². The molecule has 4 aromatic rings. The van der Waals surface area contributed by atoms with Crippen LogP contribution in [0.5, 0.6) is 0 Å². The SMILES string of the molecule is Cc1cc([C@H]2[C@@H](c3ccccn3)NC(=S)N2Cc2cccnc2)c(C)n1-c1ccccc1C(F)(F)F. The molecule has 0 amide bonds. The lowest BCUT2D eigenvalue weighted by Gasteiger charge is -2.28. The summed E-state index contributed by atoms with van der Waals surface area (Å²) < 4.78 is 43.3. The van der Waals surface area contributed by atoms with Gasteiger partial charge in [0, 0.05) is 36.5 Å². The van der Waals surface area contributed by atoms with Crippen molar-refractivity contribution in [2.45, 2.75) is 38.7 Å². The van der Waals surface area contributed by atoms with Gasteiger partial charge in [-0.15, -0.1) is 0 Å². The smallest absolute Gasteiger partial charge is 0.352 e. The molecule has 0 saturated carbocycles. The van der Waals surface area contributed by atoms with Crippen LogP contribution in [0.4, 0.5) is 13.2 Å². The number of nitrogens with zero attached hydrogens (tertiary/aromatic N) is 4. The van der Waals surface area contributed by atoms with E-state index in [4.69, 9.17) is 12.2 Å². The van der Waals surface area contributed by atoms with Gasteiger partial charge in [0.05, 0.1) is 29.0 Å². The van der Waals surface area contributed by atoms with Crippen molar-refractivity contribution < 1.29 is 13.2 Å². The van der Waals surface area contributed by atoms with Crippen LogP contribution >= 0.6 is 12.2 Å². The van der Waals surface area contributed by atoms with Crippen LogP contribution in [0.25, 0.3) is 5.69 Å². The third-order valence-electron chi connectivity index (χ3n) is 6.51. The van der Waals surface area contributed by atoms with Crippen molar-refractivity contribution in [1.82, 2.24) is 24.8 Å². The minimum Gasteiger partial charge on any atom is -0.352 e. The molecule has 5 nitrogen and oxygen atoms in total. The lowest BCUT2D eigenvalue weighted by Crippen LogP contribution is -2.29. The average molecular weight is 508 g/mol. The Morgan fingerprint density at radius 1 is 1.00 bits per heavy atom. The first-order chi connectivity index (χ1) is 17.3. The van der Waals surface area contributed by atoms with Crippen LogP contribution in [0.2, 0.25) is 0 Å². The number of nitrogens with one attached hydrogen (secondary N) is 1. The van der Waals surface area contributed by atoms with Crippen LogP contribution in [-0.4, -0.2) is 24.5 Å². The lowest BCUT2D eigenvalue weighted by atomic mass is 9.96. The standard InChI is InChI=1S/C27H24F3N5S/c1-17-14-20(18(2)35(17)23-11-4-3-9-21(23)27(28,29)30)25-24(22-10-5-6-13-32-22)33-26(36)34(25)16-19-8-7-12-31-15-19/h3-15,24-25H,16H2,1-2H3,(H,33,36)/t24-,25+/m1/s1. The van der Waals surface area contributed by atoms with Gasteiger partial charge in [-0.1, -0.05) is 24.3 Å². The van der Waals surface area contributed by atoms with Gasteiger partial charge in [-0.05, 0) is 73.6 Å². The van der Waals surface area contributed by atoms with E-state index < -0.39 is 11.7 Å². The second kappa shape index (κ2) is 9.39. The van der Waals surface area contributed by atoms with Crippen LogP contribution in [0, 0.1) is 13.8 Å². The molecule has 1 saturated heterocycles. The number of hydrogen-bond donors (Lipinski definition) is 1. The van der Waals surface area contributed by atoms with Crippen LogP contribution in [-0.2, 0) is 12.7 Å². The number of aryl methyl sites for hydroxylation is 1. The molecule has 3 aromatic heterocycles. The molecule has 9 heteroatoms. The molecule has 1 aromatic carbocycles. The van der Waals surface area contributed by atoms with Crippen molar-refractivity contribution >= 4 is 17.3 Å². The highest BCUT2D eigenvalue weighted by atomic mass is 32.1. The first-order valence-electron chi connectivity index (χ1n) is 11.5. The molecular weight excluding hydrogens is 483 g/mol. The van der Waals surface area contributed by atoms with Gasteiger partial charge in [0.15, 0.2) is 5.11 Å². The highest BCUT2D eigenvalue weighted by Crippen LogP contribution is 2.43. The fraction of sp³-hybridized carbons (Fsp3) is 0.222. The highest BCUT2D eigenvalue weighted by Gasteiger charge is 2.42. The monoisotopic (exact) mass is 507 g/mol. The summed E-state index contributed by atoms with van der Waals surface area (Å²) in [4.78, 5) is 10.8. The molecular formula is C27H24F3N5S. The van der Waals surface area contributed by atoms with Crippen LogP contribution in [0.1, 0.15) is 45.9 Å². The molecule has 1 fully saturated rings. The van der Waals surface area contributed by atoms with E-state index in [9.17, 15) is 13.2 Å². The Morgan fingerprint density at radius 3 is 2.47 bits per heavy atom. The minimum absolute atomic E-state index is 0.105. The van der Waals surface area contributed by atoms with E-state index in [0.717, 1.165) is 28.6 Å². The van der Waals surface area contributed by atoms with Crippen molar-refractivity contribution in [1.29, 1.82) is 0 Å². The van der Waals surface area contributed by atoms with Gasteiger partial charge < -0.3 is 14.8 Å². The average Bonchev–Trinajstić information content (AvgIpc) is 3.34. The number of pyridine rings is 2. The van der Waals surface area contributed by atoms with E-state index in [1.807, 2.05) is 50.2 Å². The molecule has 1 aliphatic rings. The topological polar surface area (TPSA) is 46.0 Å². The Hall–Kier alpha value is -3.72. The lowest BCUT2D eigenvalue weighted by molar-refractivity contribution is -0.137. The maximum Gasteiger partial charge on any atom is 0.418 e. The van der Waals surface area contributed by atoms with Crippen molar-refractivity contribution in [2.24, 2.45) is 0 Å². The van der Waals surface area contributed by atoms with Gasteiger partial charge in [0.2, 0.25) is 0 Å². The zero-order chi connectivity index (χ0) is 25.4. The van der Waals surface area contributed by atoms with Gasteiger partial charge in [0.25, 0.3) is 0 Å². The fourth-order valence-corrected chi connectivity index (χ4v) is 5.27. The van der Waals surface area contributed by atoms with E-state index in [0.29, 0.717) is 17.4 Å². The van der Waals surface area contributed by atoms with Crippen molar-refractivity contribution in [3.8, 4) is 5.69 Å². The van der Waals surface area contributed by atoms with Gasteiger partial charge in [-0.3, -0.25) is 9.97 Å². The molecule has 1 aliphatic heterocycles. The quantitative estimate of drug-likeness (QED) is 0.332. The number of alkyl halides is 3. The summed E-state index contributed by atoms with van der Waals surface area (Å²) in [5.74, 6) is 0. The fourth-order valence-electron chi connectivity index (χ4n) is 4.97. The Kier molecular flexibility index (Phi) is 6.26. The van der Waals surface area contributed by atoms with Crippen LogP contribution in [0.15, 0.2) is 79.3 Å². The van der Waals surface area contributed by atoms with Crippen molar-refractivity contribution in [3.63, 3.8) is 0 Å². The first kappa shape index (κ1) is 24.0. The number of para-hydroxylation sites is 1. The molecule has 0 aliphatic carbocycles. The second-order valence-corrected chi connectivity index (χ2v) is 9.18. The minimum atomic E-state index is -4.47. The number of halogens is 3. The van der Waals surface area contributed by atoms with Gasteiger partial charge in [-0.25, -0.2) is 0 Å². The third-order valence-corrected chi connectivity index (χ3v) is 6.87. The zero-order valence-electron chi connectivity index (χ0n) is 19.7. The number of thiocarbonyl (C=S) groups is 1. The summed E-state index contributed by atoms with van der Waals surface area (Å²) in [7, 11) is 0. The Balaban J connectivity index is 1.65. The molecule has 0 spiro atoms. The predicted octanol–water partition coefficient (Wildman–Crippen LogP) is 6.08. The maximum atomic E-state index is 13.9. The summed E-state index contributed by atoms with van der Waals surface area (Å²) in [6.45, 7) is 4.18. The predicted molar refractivity (Wildman–Crippen MR) is 135 cm³/mol. The van der Waals surface area contributed by atoms with Gasteiger partial charge in [-0.2, -0.15) is 13.2 Å². The molecule has 184 valence electrons. The number of aromatic nitrogens is 3. The highest BCUT2D eigenvalue weighted by molar-refractivity contribution is 7.80. The summed E-state index contributed by atoms with van der Waals surface area (Å²) in [5.41, 5.74) is 3.52. The Bertz CT molecular complexity index is 1390.